The zero-order valence-electron chi connectivity index (χ0n) is 16.4. The number of hydrogen-bond acceptors (Lipinski definition) is 5. The molecule has 1 saturated heterocycles. The van der Waals surface area contributed by atoms with Crippen molar-refractivity contribution in [3.63, 3.8) is 0 Å². The number of carbonyl (C=O) groups is 1. The molecular weight excluding hydrogens is 354 g/mol. The molecule has 2 heterocycles. The van der Waals surface area contributed by atoms with Crippen molar-refractivity contribution in [3.8, 4) is 17.7 Å². The summed E-state index contributed by atoms with van der Waals surface area (Å²) in [6.07, 6.45) is 3.00. The second-order valence-corrected chi connectivity index (χ2v) is 7.18. The number of anilines is 1. The fourth-order valence-corrected chi connectivity index (χ4v) is 3.65. The van der Waals surface area contributed by atoms with Gasteiger partial charge in [0.2, 0.25) is 11.8 Å². The van der Waals surface area contributed by atoms with Crippen LogP contribution in [0.15, 0.2) is 36.5 Å². The number of nitrogens with zero attached hydrogens (tertiary/aromatic N) is 3. The number of aryl methyl sites for hydroxylation is 1. The van der Waals surface area contributed by atoms with Crippen molar-refractivity contribution in [2.45, 2.75) is 46.3 Å². The van der Waals surface area contributed by atoms with E-state index in [1.54, 1.807) is 36.5 Å². The molecule has 6 heteroatoms. The smallest absolute Gasteiger partial charge is 0.232 e. The number of aliphatic hydroxyl groups is 1. The number of ether oxygens (including phenoxy) is 1. The molecule has 1 amide bonds. The van der Waals surface area contributed by atoms with Crippen LogP contribution in [0.2, 0.25) is 0 Å². The van der Waals surface area contributed by atoms with E-state index in [1.807, 2.05) is 20.8 Å². The summed E-state index contributed by atoms with van der Waals surface area (Å²) in [7, 11) is 0. The molecule has 0 saturated carbocycles. The van der Waals surface area contributed by atoms with Gasteiger partial charge in [0.05, 0.1) is 23.5 Å². The van der Waals surface area contributed by atoms with E-state index < -0.39 is 6.23 Å². The first-order valence-electron chi connectivity index (χ1n) is 9.64. The summed E-state index contributed by atoms with van der Waals surface area (Å²) in [6.45, 7) is 5.90. The van der Waals surface area contributed by atoms with E-state index in [0.29, 0.717) is 22.9 Å². The highest BCUT2D eigenvalue weighted by molar-refractivity contribution is 5.96. The average Bonchev–Trinajstić information content (AvgIpc) is 2.71. The Kier molecular flexibility index (Phi) is 5.96. The highest BCUT2D eigenvalue weighted by atomic mass is 16.5. The van der Waals surface area contributed by atoms with Gasteiger partial charge < -0.3 is 9.84 Å². The molecule has 0 aliphatic carbocycles. The third-order valence-corrected chi connectivity index (χ3v) is 5.39. The number of pyridine rings is 1. The number of nitriles is 1. The molecule has 0 spiro atoms. The van der Waals surface area contributed by atoms with Gasteiger partial charge in [-0.1, -0.05) is 13.8 Å². The summed E-state index contributed by atoms with van der Waals surface area (Å²) in [5.74, 6) is 0.920. The van der Waals surface area contributed by atoms with Gasteiger partial charge in [0, 0.05) is 17.9 Å². The lowest BCUT2D eigenvalue weighted by molar-refractivity contribution is -0.129. The lowest BCUT2D eigenvalue weighted by Crippen LogP contribution is -2.52. The molecule has 1 aliphatic rings. The third kappa shape index (κ3) is 3.85. The van der Waals surface area contributed by atoms with E-state index >= 15 is 0 Å². The quantitative estimate of drug-likeness (QED) is 0.843. The van der Waals surface area contributed by atoms with Gasteiger partial charge in [-0.15, -0.1) is 0 Å². The summed E-state index contributed by atoms with van der Waals surface area (Å²) in [6, 6.07) is 10.7. The number of amides is 1. The van der Waals surface area contributed by atoms with E-state index in [9.17, 15) is 9.90 Å². The highest BCUT2D eigenvalue weighted by Gasteiger charge is 2.40. The van der Waals surface area contributed by atoms with Gasteiger partial charge in [-0.25, -0.2) is 4.98 Å². The van der Waals surface area contributed by atoms with Crippen molar-refractivity contribution in [2.24, 2.45) is 11.8 Å². The van der Waals surface area contributed by atoms with E-state index in [-0.39, 0.29) is 17.7 Å². The Hall–Kier alpha value is -2.91. The summed E-state index contributed by atoms with van der Waals surface area (Å²) in [5.41, 5.74) is 1.97. The molecule has 6 nitrogen and oxygen atoms in total. The molecular formula is C22H25N3O3. The van der Waals surface area contributed by atoms with Crippen LogP contribution >= 0.6 is 0 Å². The van der Waals surface area contributed by atoms with Gasteiger partial charge in [0.25, 0.3) is 0 Å². The van der Waals surface area contributed by atoms with Crippen molar-refractivity contribution in [1.82, 2.24) is 4.98 Å². The van der Waals surface area contributed by atoms with Crippen molar-refractivity contribution >= 4 is 11.6 Å². The number of aromatic nitrogens is 1. The van der Waals surface area contributed by atoms with Crippen LogP contribution in [0.5, 0.6) is 11.6 Å². The number of piperidine rings is 1. The van der Waals surface area contributed by atoms with Gasteiger partial charge in [0.1, 0.15) is 12.0 Å². The van der Waals surface area contributed by atoms with Crippen molar-refractivity contribution in [2.75, 3.05) is 4.90 Å². The molecule has 28 heavy (non-hydrogen) atoms. The van der Waals surface area contributed by atoms with Crippen LogP contribution in [-0.4, -0.2) is 22.2 Å². The second kappa shape index (κ2) is 8.41. The van der Waals surface area contributed by atoms with Gasteiger partial charge in [-0.3, -0.25) is 9.69 Å². The highest BCUT2D eigenvalue weighted by Crippen LogP contribution is 2.35. The molecule has 3 rings (SSSR count). The first-order chi connectivity index (χ1) is 13.5. The van der Waals surface area contributed by atoms with Gasteiger partial charge in [-0.2, -0.15) is 5.26 Å². The zero-order chi connectivity index (χ0) is 20.3. The van der Waals surface area contributed by atoms with Crippen LogP contribution in [0.4, 0.5) is 5.69 Å². The summed E-state index contributed by atoms with van der Waals surface area (Å²) >= 11 is 0. The maximum Gasteiger partial charge on any atom is 0.232 e. The molecule has 1 aromatic heterocycles. The Morgan fingerprint density at radius 2 is 2.07 bits per heavy atom. The van der Waals surface area contributed by atoms with Crippen molar-refractivity contribution in [3.05, 3.63) is 47.7 Å². The predicted molar refractivity (Wildman–Crippen MR) is 106 cm³/mol. The standard InChI is InChI=1S/C22H25N3O3/c1-4-16-11-17(5-2)22(27)25(21(16)26)18-7-9-20(24-13-18)28-19-8-6-15(12-23)10-14(19)3/h6-10,13,16-17,21,26H,4-5,11H2,1-3H3. The van der Waals surface area contributed by atoms with Crippen molar-refractivity contribution in [1.29, 1.82) is 5.26 Å². The molecule has 1 aliphatic heterocycles. The average molecular weight is 379 g/mol. The number of carbonyl (C=O) groups excluding carboxylic acids is 1. The maximum absolute atomic E-state index is 12.8. The first kappa shape index (κ1) is 19.8. The van der Waals surface area contributed by atoms with Gasteiger partial charge in [0.15, 0.2) is 0 Å². The van der Waals surface area contributed by atoms with Gasteiger partial charge in [-0.05, 0) is 56.0 Å². The fourth-order valence-electron chi connectivity index (χ4n) is 3.65. The lowest BCUT2D eigenvalue weighted by atomic mass is 9.84. The minimum Gasteiger partial charge on any atom is -0.439 e. The minimum atomic E-state index is -0.838. The van der Waals surface area contributed by atoms with Crippen LogP contribution in [0.1, 0.15) is 44.2 Å². The molecule has 3 atom stereocenters. The molecule has 146 valence electrons. The van der Waals surface area contributed by atoms with Crippen LogP contribution in [0, 0.1) is 30.1 Å². The summed E-state index contributed by atoms with van der Waals surface area (Å²) < 4.78 is 5.80. The maximum atomic E-state index is 12.8. The number of benzene rings is 1. The van der Waals surface area contributed by atoms with Crippen LogP contribution in [0.25, 0.3) is 0 Å². The molecule has 3 unspecified atom stereocenters. The molecule has 1 N–H and O–H groups in total. The molecule has 0 bridgehead atoms. The van der Waals surface area contributed by atoms with Crippen LogP contribution in [-0.2, 0) is 4.79 Å². The van der Waals surface area contributed by atoms with Gasteiger partial charge >= 0.3 is 0 Å². The molecule has 0 radical (unpaired) electrons. The van der Waals surface area contributed by atoms with Crippen LogP contribution in [0.3, 0.4) is 0 Å². The van der Waals surface area contributed by atoms with E-state index in [0.717, 1.165) is 24.8 Å². The zero-order valence-corrected chi connectivity index (χ0v) is 16.4. The Morgan fingerprint density at radius 1 is 1.29 bits per heavy atom. The fraction of sp³-hybridized carbons (Fsp3) is 0.409. The Balaban J connectivity index is 1.81. The van der Waals surface area contributed by atoms with Crippen molar-refractivity contribution < 1.29 is 14.6 Å². The number of rotatable bonds is 5. The topological polar surface area (TPSA) is 86.4 Å². The molecule has 1 aromatic carbocycles. The Bertz CT molecular complexity index is 889. The van der Waals surface area contributed by atoms with E-state index in [4.69, 9.17) is 10.00 Å². The number of hydrogen-bond donors (Lipinski definition) is 1. The largest absolute Gasteiger partial charge is 0.439 e. The predicted octanol–water partition coefficient (Wildman–Crippen LogP) is 4.16. The molecule has 2 aromatic rings. The monoisotopic (exact) mass is 379 g/mol. The third-order valence-electron chi connectivity index (χ3n) is 5.39. The van der Waals surface area contributed by atoms with Crippen LogP contribution < -0.4 is 9.64 Å². The Morgan fingerprint density at radius 3 is 2.64 bits per heavy atom. The lowest BCUT2D eigenvalue weighted by Gasteiger charge is -2.41. The molecule has 1 fully saturated rings. The number of aliphatic hydroxyl groups excluding tert-OH is 1. The summed E-state index contributed by atoms with van der Waals surface area (Å²) in [4.78, 5) is 18.6. The second-order valence-electron chi connectivity index (χ2n) is 7.18. The summed E-state index contributed by atoms with van der Waals surface area (Å²) in [5, 5.41) is 19.6. The van der Waals surface area contributed by atoms with E-state index in [1.165, 1.54) is 4.90 Å². The first-order valence-corrected chi connectivity index (χ1v) is 9.64. The Labute approximate surface area is 165 Å². The minimum absolute atomic E-state index is 0.0554. The van der Waals surface area contributed by atoms with E-state index in [2.05, 4.69) is 11.1 Å². The normalized spacial score (nSPS) is 22.0. The SMILES string of the molecule is CCC1CC(CC)C(O)N(c2ccc(Oc3ccc(C#N)cc3C)nc2)C1=O.